The molecule has 0 aromatic heterocycles. The zero-order chi connectivity index (χ0) is 12.6. The summed E-state index contributed by atoms with van der Waals surface area (Å²) in [6.45, 7) is 0. The van der Waals surface area contributed by atoms with Crippen LogP contribution in [-0.4, -0.2) is 25.0 Å². The Hall–Kier alpha value is -1.99. The fraction of sp³-hybridized carbons (Fsp3) is 0.300. The van der Waals surface area contributed by atoms with Crippen LogP contribution in [0.25, 0.3) is 0 Å². The van der Waals surface area contributed by atoms with Crippen LogP contribution in [0.4, 0.5) is 5.69 Å². The van der Waals surface area contributed by atoms with Gasteiger partial charge in [0.25, 0.3) is 11.6 Å². The number of amidine groups is 1. The molecule has 0 unspecified atom stereocenters. The van der Waals surface area contributed by atoms with Gasteiger partial charge in [0.2, 0.25) is 0 Å². The Bertz CT molecular complexity index is 508. The molecule has 2 rings (SSSR count). The largest absolute Gasteiger partial charge is 0.383 e. The summed E-state index contributed by atoms with van der Waals surface area (Å²) >= 11 is 0. The van der Waals surface area contributed by atoms with Crippen LogP contribution >= 0.6 is 0 Å². The number of hydrogen-bond donors (Lipinski definition) is 1. The molecule has 1 aliphatic heterocycles. The van der Waals surface area contributed by atoms with E-state index in [1.54, 1.807) is 6.07 Å². The van der Waals surface area contributed by atoms with E-state index in [1.165, 1.54) is 26.4 Å². The topological polar surface area (TPSA) is 100.0 Å². The van der Waals surface area contributed by atoms with Crippen molar-refractivity contribution in [1.29, 1.82) is 0 Å². The maximum Gasteiger partial charge on any atom is 0.300 e. The average molecular weight is 237 g/mol. The molecule has 0 amide bonds. The zero-order valence-electron chi connectivity index (χ0n) is 9.34. The van der Waals surface area contributed by atoms with Crippen molar-refractivity contribution in [1.82, 2.24) is 0 Å². The first-order valence-corrected chi connectivity index (χ1v) is 4.79. The molecule has 1 aliphatic rings. The van der Waals surface area contributed by atoms with Crippen LogP contribution in [0.3, 0.4) is 0 Å². The molecule has 1 aromatic rings. The Balaban J connectivity index is 2.71. The predicted molar refractivity (Wildman–Crippen MR) is 59.5 cm³/mol. The van der Waals surface area contributed by atoms with E-state index >= 15 is 0 Å². The number of fused-ring (bicyclic) bond motifs is 1. The maximum atomic E-state index is 10.9. The van der Waals surface area contributed by atoms with Crippen molar-refractivity contribution in [2.45, 2.75) is 5.91 Å². The van der Waals surface area contributed by atoms with E-state index in [4.69, 9.17) is 15.2 Å². The first kappa shape index (κ1) is 11.5. The highest BCUT2D eigenvalue weighted by Crippen LogP contribution is 2.39. The van der Waals surface area contributed by atoms with Crippen LogP contribution in [0.5, 0.6) is 0 Å². The second kappa shape index (κ2) is 3.79. The van der Waals surface area contributed by atoms with Crippen LogP contribution in [0.2, 0.25) is 0 Å². The monoisotopic (exact) mass is 237 g/mol. The van der Waals surface area contributed by atoms with E-state index in [1.807, 2.05) is 0 Å². The molecular formula is C10H11N3O4. The molecule has 2 N–H and O–H groups in total. The van der Waals surface area contributed by atoms with E-state index in [-0.39, 0.29) is 17.1 Å². The van der Waals surface area contributed by atoms with E-state index in [0.29, 0.717) is 5.56 Å². The molecule has 7 heteroatoms. The highest BCUT2D eigenvalue weighted by molar-refractivity contribution is 6.05. The molecule has 0 fully saturated rings. The summed E-state index contributed by atoms with van der Waals surface area (Å²) in [5.74, 6) is -1.35. The van der Waals surface area contributed by atoms with Crippen molar-refractivity contribution >= 4 is 11.5 Å². The number of aliphatic imine (C=N–C) groups is 1. The third-order valence-corrected chi connectivity index (χ3v) is 2.66. The summed E-state index contributed by atoms with van der Waals surface area (Å²) in [6.07, 6.45) is 0. The fourth-order valence-electron chi connectivity index (χ4n) is 1.89. The van der Waals surface area contributed by atoms with Crippen LogP contribution in [-0.2, 0) is 15.4 Å². The number of hydrogen-bond acceptors (Lipinski definition) is 6. The first-order valence-electron chi connectivity index (χ1n) is 4.79. The van der Waals surface area contributed by atoms with Gasteiger partial charge in [0.1, 0.15) is 11.4 Å². The van der Waals surface area contributed by atoms with Crippen molar-refractivity contribution in [2.24, 2.45) is 10.7 Å². The molecular weight excluding hydrogens is 226 g/mol. The molecule has 0 radical (unpaired) electrons. The first-order chi connectivity index (χ1) is 8.05. The van der Waals surface area contributed by atoms with Crippen LogP contribution in [0.1, 0.15) is 11.1 Å². The Labute approximate surface area is 97.0 Å². The third kappa shape index (κ3) is 1.48. The van der Waals surface area contributed by atoms with Crippen molar-refractivity contribution in [3.63, 3.8) is 0 Å². The van der Waals surface area contributed by atoms with Crippen LogP contribution in [0.15, 0.2) is 23.2 Å². The molecule has 90 valence electrons. The lowest BCUT2D eigenvalue weighted by Crippen LogP contribution is -2.26. The summed E-state index contributed by atoms with van der Waals surface area (Å²) in [4.78, 5) is 14.4. The van der Waals surface area contributed by atoms with Gasteiger partial charge < -0.3 is 15.2 Å². The smallest absolute Gasteiger partial charge is 0.300 e. The van der Waals surface area contributed by atoms with Crippen molar-refractivity contribution in [2.75, 3.05) is 14.2 Å². The number of nitro benzene ring substituents is 1. The number of ether oxygens (including phenoxy) is 2. The van der Waals surface area contributed by atoms with Gasteiger partial charge in [-0.15, -0.1) is 0 Å². The van der Waals surface area contributed by atoms with E-state index in [0.717, 1.165) is 0 Å². The minimum atomic E-state index is -1.38. The van der Waals surface area contributed by atoms with Gasteiger partial charge in [0.15, 0.2) is 0 Å². The standard InChI is InChI=1S/C10H11N3O4/c1-16-10(17-2)6-4-3-5-7(13(14)15)8(6)9(11)12-10/h3-5H,1-2H3,(H2,11,12). The number of nitro groups is 1. The highest BCUT2D eigenvalue weighted by Gasteiger charge is 2.43. The maximum absolute atomic E-state index is 10.9. The summed E-state index contributed by atoms with van der Waals surface area (Å²) in [6, 6.07) is 4.54. The lowest BCUT2D eigenvalue weighted by atomic mass is 10.0. The van der Waals surface area contributed by atoms with Gasteiger partial charge in [0.05, 0.1) is 10.5 Å². The Kier molecular flexibility index (Phi) is 2.56. The predicted octanol–water partition coefficient (Wildman–Crippen LogP) is 0.717. The highest BCUT2D eigenvalue weighted by atomic mass is 16.7. The zero-order valence-corrected chi connectivity index (χ0v) is 9.34. The Morgan fingerprint density at radius 1 is 1.41 bits per heavy atom. The van der Waals surface area contributed by atoms with E-state index < -0.39 is 10.8 Å². The second-order valence-corrected chi connectivity index (χ2v) is 3.44. The number of nitrogens with two attached hydrogens (primary N) is 1. The summed E-state index contributed by atoms with van der Waals surface area (Å²) in [5, 5.41) is 10.9. The summed E-state index contributed by atoms with van der Waals surface area (Å²) in [7, 11) is 2.79. The molecule has 0 spiro atoms. The number of rotatable bonds is 3. The van der Waals surface area contributed by atoms with Crippen molar-refractivity contribution in [3.8, 4) is 0 Å². The third-order valence-electron chi connectivity index (χ3n) is 2.66. The molecule has 0 saturated carbocycles. The Morgan fingerprint density at radius 2 is 2.06 bits per heavy atom. The molecule has 1 aromatic carbocycles. The number of nitrogens with zero attached hydrogens (tertiary/aromatic N) is 2. The molecule has 1 heterocycles. The summed E-state index contributed by atoms with van der Waals surface area (Å²) < 4.78 is 10.3. The minimum absolute atomic E-state index is 0.0380. The molecule has 0 aliphatic carbocycles. The minimum Gasteiger partial charge on any atom is -0.383 e. The van der Waals surface area contributed by atoms with E-state index in [9.17, 15) is 10.1 Å². The fourth-order valence-corrected chi connectivity index (χ4v) is 1.89. The summed E-state index contributed by atoms with van der Waals surface area (Å²) in [5.41, 5.74) is 6.28. The Morgan fingerprint density at radius 3 is 2.59 bits per heavy atom. The van der Waals surface area contributed by atoms with Gasteiger partial charge in [0, 0.05) is 20.3 Å². The van der Waals surface area contributed by atoms with Gasteiger partial charge >= 0.3 is 0 Å². The van der Waals surface area contributed by atoms with Crippen LogP contribution in [0, 0.1) is 10.1 Å². The van der Waals surface area contributed by atoms with Gasteiger partial charge in [-0.05, 0) is 0 Å². The number of benzene rings is 1. The second-order valence-electron chi connectivity index (χ2n) is 3.44. The molecule has 0 saturated heterocycles. The number of methoxy groups -OCH3 is 2. The molecule has 7 nitrogen and oxygen atoms in total. The van der Waals surface area contributed by atoms with Gasteiger partial charge in [-0.2, -0.15) is 0 Å². The van der Waals surface area contributed by atoms with Gasteiger partial charge in [-0.3, -0.25) is 10.1 Å². The lowest BCUT2D eigenvalue weighted by molar-refractivity contribution is -0.385. The lowest BCUT2D eigenvalue weighted by Gasteiger charge is -2.23. The van der Waals surface area contributed by atoms with Crippen molar-refractivity contribution < 1.29 is 14.4 Å². The molecule has 17 heavy (non-hydrogen) atoms. The van der Waals surface area contributed by atoms with Gasteiger partial charge in [-0.1, -0.05) is 12.1 Å². The normalized spacial score (nSPS) is 16.5. The molecule has 0 bridgehead atoms. The average Bonchev–Trinajstić information content (AvgIpc) is 2.63. The van der Waals surface area contributed by atoms with Crippen LogP contribution < -0.4 is 5.73 Å². The SMILES string of the molecule is COC1(OC)N=C(N)c2c([N+](=O)[O-])cccc21. The quantitative estimate of drug-likeness (QED) is 0.474. The van der Waals surface area contributed by atoms with Crippen molar-refractivity contribution in [3.05, 3.63) is 39.4 Å². The van der Waals surface area contributed by atoms with E-state index in [2.05, 4.69) is 4.99 Å². The molecule has 0 atom stereocenters. The van der Waals surface area contributed by atoms with Gasteiger partial charge in [-0.25, -0.2) is 4.99 Å².